The summed E-state index contributed by atoms with van der Waals surface area (Å²) in [6.07, 6.45) is -3.33. The Kier molecular flexibility index (Phi) is 3.51. The summed E-state index contributed by atoms with van der Waals surface area (Å²) in [5.74, 6) is -1.48. The van der Waals surface area contributed by atoms with Gasteiger partial charge in [0.15, 0.2) is 0 Å². The molecule has 1 heterocycles. The van der Waals surface area contributed by atoms with E-state index in [0.717, 1.165) is 0 Å². The molecule has 7 nitrogen and oxygen atoms in total. The number of aromatic nitrogens is 1. The summed E-state index contributed by atoms with van der Waals surface area (Å²) in [4.78, 5) is 23.4. The largest absolute Gasteiger partial charge is 0.481 e. The van der Waals surface area contributed by atoms with Crippen molar-refractivity contribution in [1.29, 1.82) is 0 Å². The Labute approximate surface area is 93.0 Å². The number of carbonyl (C=O) groups is 1. The Hall–Kier alpha value is -2.32. The van der Waals surface area contributed by atoms with E-state index in [1.807, 2.05) is 0 Å². The molecule has 0 radical (unpaired) electrons. The summed E-state index contributed by atoms with van der Waals surface area (Å²) in [6, 6.07) is 0. The molecular formula is C8H7F2N3O4. The first-order valence-electron chi connectivity index (χ1n) is 4.26. The molecule has 0 saturated heterocycles. The number of alkyl halides is 2. The topological polar surface area (TPSA) is 119 Å². The first-order chi connectivity index (χ1) is 7.84. The van der Waals surface area contributed by atoms with E-state index >= 15 is 0 Å². The summed E-state index contributed by atoms with van der Waals surface area (Å²) >= 11 is 0. The normalized spacial score (nSPS) is 10.5. The second-order valence-electron chi connectivity index (χ2n) is 3.05. The number of nitro groups is 1. The molecule has 0 aliphatic heterocycles. The van der Waals surface area contributed by atoms with Crippen LogP contribution >= 0.6 is 0 Å². The van der Waals surface area contributed by atoms with Crippen molar-refractivity contribution in [3.05, 3.63) is 27.6 Å². The molecule has 92 valence electrons. The van der Waals surface area contributed by atoms with Crippen molar-refractivity contribution in [2.45, 2.75) is 12.8 Å². The molecule has 1 aromatic rings. The van der Waals surface area contributed by atoms with Gasteiger partial charge in [0, 0.05) is 0 Å². The van der Waals surface area contributed by atoms with Crippen molar-refractivity contribution in [1.82, 2.24) is 4.98 Å². The number of carboxylic acids is 1. The lowest BCUT2D eigenvalue weighted by Gasteiger charge is -2.08. The van der Waals surface area contributed by atoms with Gasteiger partial charge in [0.1, 0.15) is 11.4 Å². The van der Waals surface area contributed by atoms with Gasteiger partial charge in [-0.1, -0.05) is 0 Å². The molecule has 0 bridgehead atoms. The van der Waals surface area contributed by atoms with Crippen molar-refractivity contribution in [2.24, 2.45) is 0 Å². The second kappa shape index (κ2) is 4.68. The van der Waals surface area contributed by atoms with Gasteiger partial charge in [-0.25, -0.2) is 8.78 Å². The molecule has 17 heavy (non-hydrogen) atoms. The van der Waals surface area contributed by atoms with Crippen LogP contribution in [0, 0.1) is 10.1 Å². The summed E-state index contributed by atoms with van der Waals surface area (Å²) in [5.41, 5.74) is 2.34. The zero-order chi connectivity index (χ0) is 13.2. The van der Waals surface area contributed by atoms with E-state index in [9.17, 15) is 23.7 Å². The molecule has 0 aromatic carbocycles. The standard InChI is InChI=1S/C8H7F2N3O4/c9-8(10)6-3(1-5(14)15)7(13(16)17)4(11)2-12-6/h2,8H,1,11H2,(H,14,15). The van der Waals surface area contributed by atoms with Crippen LogP contribution < -0.4 is 5.73 Å². The minimum absolute atomic E-state index is 0.448. The SMILES string of the molecule is Nc1cnc(C(F)F)c(CC(=O)O)c1[N+](=O)[O-]. The van der Waals surface area contributed by atoms with Gasteiger partial charge in [0.05, 0.1) is 23.1 Å². The third kappa shape index (κ3) is 2.62. The molecule has 3 N–H and O–H groups in total. The number of aliphatic carboxylic acids is 1. The highest BCUT2D eigenvalue weighted by Gasteiger charge is 2.28. The third-order valence-corrected chi connectivity index (χ3v) is 1.93. The van der Waals surface area contributed by atoms with Crippen molar-refractivity contribution in [3.8, 4) is 0 Å². The van der Waals surface area contributed by atoms with E-state index < -0.39 is 46.4 Å². The molecule has 0 spiro atoms. The fraction of sp³-hybridized carbons (Fsp3) is 0.250. The van der Waals surface area contributed by atoms with E-state index in [-0.39, 0.29) is 0 Å². The summed E-state index contributed by atoms with van der Waals surface area (Å²) in [5, 5.41) is 19.2. The number of carboxylic acid groups (broad SMARTS) is 1. The minimum Gasteiger partial charge on any atom is -0.481 e. The quantitative estimate of drug-likeness (QED) is 0.608. The van der Waals surface area contributed by atoms with E-state index in [1.54, 1.807) is 0 Å². The highest BCUT2D eigenvalue weighted by Crippen LogP contribution is 2.32. The van der Waals surface area contributed by atoms with Gasteiger partial charge in [-0.15, -0.1) is 0 Å². The molecule has 1 rings (SSSR count). The van der Waals surface area contributed by atoms with Crippen molar-refractivity contribution in [3.63, 3.8) is 0 Å². The van der Waals surface area contributed by atoms with E-state index in [1.165, 1.54) is 0 Å². The van der Waals surface area contributed by atoms with E-state index in [4.69, 9.17) is 10.8 Å². The van der Waals surface area contributed by atoms with Gasteiger partial charge in [0.25, 0.3) is 12.1 Å². The number of hydrogen-bond acceptors (Lipinski definition) is 5. The zero-order valence-corrected chi connectivity index (χ0v) is 8.26. The molecular weight excluding hydrogens is 240 g/mol. The van der Waals surface area contributed by atoms with Gasteiger partial charge < -0.3 is 10.8 Å². The fourth-order valence-electron chi connectivity index (χ4n) is 1.30. The van der Waals surface area contributed by atoms with Crippen molar-refractivity contribution >= 4 is 17.3 Å². The van der Waals surface area contributed by atoms with Gasteiger partial charge in [-0.3, -0.25) is 19.9 Å². The number of rotatable bonds is 4. The maximum Gasteiger partial charge on any atom is 0.308 e. The number of nitrogens with two attached hydrogens (primary N) is 1. The number of pyridine rings is 1. The maximum atomic E-state index is 12.5. The van der Waals surface area contributed by atoms with E-state index in [0.29, 0.717) is 6.20 Å². The molecule has 0 saturated carbocycles. The Morgan fingerprint density at radius 3 is 2.65 bits per heavy atom. The summed E-state index contributed by atoms with van der Waals surface area (Å²) < 4.78 is 25.1. The molecule has 0 unspecified atom stereocenters. The van der Waals surface area contributed by atoms with Crippen LogP contribution in [0.25, 0.3) is 0 Å². The van der Waals surface area contributed by atoms with Crippen LogP contribution in [-0.4, -0.2) is 21.0 Å². The van der Waals surface area contributed by atoms with Gasteiger partial charge >= 0.3 is 5.97 Å². The predicted molar refractivity (Wildman–Crippen MR) is 51.6 cm³/mol. The fourth-order valence-corrected chi connectivity index (χ4v) is 1.30. The Morgan fingerprint density at radius 1 is 1.65 bits per heavy atom. The Morgan fingerprint density at radius 2 is 2.24 bits per heavy atom. The lowest BCUT2D eigenvalue weighted by molar-refractivity contribution is -0.384. The molecule has 1 aromatic heterocycles. The third-order valence-electron chi connectivity index (χ3n) is 1.93. The highest BCUT2D eigenvalue weighted by atomic mass is 19.3. The number of halogens is 2. The predicted octanol–water partition coefficient (Wildman–Crippen LogP) is 1.14. The van der Waals surface area contributed by atoms with Crippen molar-refractivity contribution < 1.29 is 23.6 Å². The lowest BCUT2D eigenvalue weighted by Crippen LogP contribution is -2.11. The number of nitrogens with zero attached hydrogens (tertiary/aromatic N) is 2. The van der Waals surface area contributed by atoms with E-state index in [2.05, 4.69) is 4.98 Å². The van der Waals surface area contributed by atoms with Crippen LogP contribution in [0.15, 0.2) is 6.20 Å². The minimum atomic E-state index is -3.11. The zero-order valence-electron chi connectivity index (χ0n) is 8.26. The summed E-state index contributed by atoms with van der Waals surface area (Å²) in [7, 11) is 0. The first-order valence-corrected chi connectivity index (χ1v) is 4.26. The van der Waals surface area contributed by atoms with Crippen LogP contribution in [0.5, 0.6) is 0 Å². The Balaban J connectivity index is 3.49. The molecule has 0 aliphatic rings. The van der Waals surface area contributed by atoms with Crippen LogP contribution in [0.1, 0.15) is 17.7 Å². The lowest BCUT2D eigenvalue weighted by atomic mass is 10.1. The molecule has 0 fully saturated rings. The van der Waals surface area contributed by atoms with Gasteiger partial charge in [-0.2, -0.15) is 0 Å². The average molecular weight is 247 g/mol. The van der Waals surface area contributed by atoms with Crippen LogP contribution in [0.3, 0.4) is 0 Å². The molecule has 9 heteroatoms. The van der Waals surface area contributed by atoms with Crippen LogP contribution in [0.2, 0.25) is 0 Å². The van der Waals surface area contributed by atoms with Crippen LogP contribution in [-0.2, 0) is 11.2 Å². The summed E-state index contributed by atoms with van der Waals surface area (Å²) in [6.45, 7) is 0. The number of nitrogen functional groups attached to an aromatic ring is 1. The second-order valence-corrected chi connectivity index (χ2v) is 3.05. The number of hydrogen-bond donors (Lipinski definition) is 2. The smallest absolute Gasteiger partial charge is 0.308 e. The maximum absolute atomic E-state index is 12.5. The molecule has 0 atom stereocenters. The molecule has 0 amide bonds. The highest BCUT2D eigenvalue weighted by molar-refractivity contribution is 5.75. The van der Waals surface area contributed by atoms with Gasteiger partial charge in [0.2, 0.25) is 0 Å². The molecule has 0 aliphatic carbocycles. The first kappa shape index (κ1) is 12.7. The Bertz CT molecular complexity index is 478. The van der Waals surface area contributed by atoms with Gasteiger partial charge in [-0.05, 0) is 0 Å². The number of anilines is 1. The van der Waals surface area contributed by atoms with Crippen LogP contribution in [0.4, 0.5) is 20.2 Å². The monoisotopic (exact) mass is 247 g/mol. The van der Waals surface area contributed by atoms with Crippen molar-refractivity contribution in [2.75, 3.05) is 5.73 Å². The average Bonchev–Trinajstić information content (AvgIpc) is 2.15.